The molecule has 2 rings (SSSR count). The van der Waals surface area contributed by atoms with Crippen molar-refractivity contribution in [2.75, 3.05) is 5.32 Å². The first-order valence-electron chi connectivity index (χ1n) is 6.47. The summed E-state index contributed by atoms with van der Waals surface area (Å²) in [5.74, 6) is -1.21. The molecule has 0 aliphatic heterocycles. The molecule has 1 aromatic heterocycles. The molecule has 0 spiro atoms. The Balaban J connectivity index is 1.94. The van der Waals surface area contributed by atoms with Gasteiger partial charge in [0.1, 0.15) is 5.69 Å². The number of aromatic nitrogens is 1. The molecule has 0 fully saturated rings. The minimum Gasteiger partial charge on any atom is -0.448 e. The van der Waals surface area contributed by atoms with Crippen LogP contribution in [0.5, 0.6) is 0 Å². The van der Waals surface area contributed by atoms with E-state index in [9.17, 15) is 19.7 Å². The molecule has 0 aliphatic carbocycles. The highest BCUT2D eigenvalue weighted by Gasteiger charge is 2.20. The van der Waals surface area contributed by atoms with E-state index in [1.54, 1.807) is 6.20 Å². The highest BCUT2D eigenvalue weighted by Crippen LogP contribution is 2.16. The van der Waals surface area contributed by atoms with E-state index in [1.165, 1.54) is 37.3 Å². The molecule has 2 aromatic rings. The summed E-state index contributed by atoms with van der Waals surface area (Å²) in [7, 11) is 0. The van der Waals surface area contributed by atoms with Gasteiger partial charge in [-0.2, -0.15) is 0 Å². The Morgan fingerprint density at radius 3 is 2.52 bits per heavy atom. The number of ether oxygens (including phenoxy) is 1. The van der Waals surface area contributed by atoms with E-state index in [-0.39, 0.29) is 11.4 Å². The van der Waals surface area contributed by atoms with Crippen molar-refractivity contribution in [1.82, 2.24) is 4.98 Å². The summed E-state index contributed by atoms with van der Waals surface area (Å²) in [5.41, 5.74) is 0.498. The zero-order valence-electron chi connectivity index (χ0n) is 11.9. The number of amides is 1. The highest BCUT2D eigenvalue weighted by atomic mass is 79.9. The van der Waals surface area contributed by atoms with Crippen LogP contribution < -0.4 is 5.32 Å². The number of hydrogen-bond acceptors (Lipinski definition) is 5. The topological polar surface area (TPSA) is 114 Å². The molecule has 1 amide bonds. The fourth-order valence-electron chi connectivity index (χ4n) is 1.67. The van der Waals surface area contributed by atoms with Gasteiger partial charge in [0.15, 0.2) is 6.10 Å². The molecular weight excluding hydrogens is 370 g/mol. The number of anilines is 1. The Hall–Kier alpha value is -2.68. The van der Waals surface area contributed by atoms with Crippen LogP contribution in [0.4, 0.5) is 11.4 Å². The molecule has 23 heavy (non-hydrogen) atoms. The molecule has 8 nitrogen and oxygen atoms in total. The molecule has 0 saturated heterocycles. The van der Waals surface area contributed by atoms with Gasteiger partial charge < -0.3 is 15.0 Å². The second kappa shape index (κ2) is 7.05. The number of halogens is 1. The maximum Gasteiger partial charge on any atom is 0.355 e. The van der Waals surface area contributed by atoms with Gasteiger partial charge in [0.05, 0.1) is 4.92 Å². The lowest BCUT2D eigenvalue weighted by atomic mass is 10.2. The van der Waals surface area contributed by atoms with Gasteiger partial charge in [-0.3, -0.25) is 14.9 Å². The van der Waals surface area contributed by atoms with E-state index in [0.29, 0.717) is 10.2 Å². The van der Waals surface area contributed by atoms with Crippen LogP contribution in [0.25, 0.3) is 0 Å². The summed E-state index contributed by atoms with van der Waals surface area (Å²) in [6.45, 7) is 1.43. The minimum absolute atomic E-state index is 0.0835. The van der Waals surface area contributed by atoms with Crippen LogP contribution in [0.2, 0.25) is 0 Å². The number of rotatable bonds is 5. The van der Waals surface area contributed by atoms with Gasteiger partial charge >= 0.3 is 5.97 Å². The zero-order chi connectivity index (χ0) is 17.0. The number of carbonyl (C=O) groups excluding carboxylic acids is 2. The van der Waals surface area contributed by atoms with Gasteiger partial charge in [-0.15, -0.1) is 0 Å². The zero-order valence-corrected chi connectivity index (χ0v) is 13.5. The number of hydrogen-bond donors (Lipinski definition) is 2. The van der Waals surface area contributed by atoms with Gasteiger partial charge in [-0.05, 0) is 41.1 Å². The number of nitrogens with one attached hydrogen (secondary N) is 2. The Morgan fingerprint density at radius 1 is 1.35 bits per heavy atom. The molecule has 120 valence electrons. The second-order valence-corrected chi connectivity index (χ2v) is 5.49. The predicted octanol–water partition coefficient (Wildman–Crippen LogP) is 2.87. The summed E-state index contributed by atoms with van der Waals surface area (Å²) >= 11 is 3.19. The van der Waals surface area contributed by atoms with Crippen molar-refractivity contribution in [3.8, 4) is 0 Å². The van der Waals surface area contributed by atoms with Crippen molar-refractivity contribution < 1.29 is 19.2 Å². The number of nitro benzene ring substituents is 1. The number of H-pyrrole nitrogens is 1. The molecular formula is C14H12BrN3O5. The molecule has 9 heteroatoms. The van der Waals surface area contributed by atoms with Crippen LogP contribution in [0, 0.1) is 10.1 Å². The van der Waals surface area contributed by atoms with Crippen LogP contribution in [0.15, 0.2) is 41.0 Å². The normalized spacial score (nSPS) is 11.6. The molecule has 0 radical (unpaired) electrons. The van der Waals surface area contributed by atoms with Crippen LogP contribution in [0.1, 0.15) is 17.4 Å². The average molecular weight is 382 g/mol. The monoisotopic (exact) mass is 381 g/mol. The number of carbonyl (C=O) groups is 2. The number of nitro groups is 1. The van der Waals surface area contributed by atoms with Gasteiger partial charge in [-0.25, -0.2) is 4.79 Å². The lowest BCUT2D eigenvalue weighted by molar-refractivity contribution is -0.384. The number of benzene rings is 1. The van der Waals surface area contributed by atoms with Crippen LogP contribution in [0.3, 0.4) is 0 Å². The maximum absolute atomic E-state index is 12.0. The maximum atomic E-state index is 12.0. The first-order chi connectivity index (χ1) is 10.9. The van der Waals surface area contributed by atoms with Gasteiger partial charge in [-0.1, -0.05) is 0 Å². The van der Waals surface area contributed by atoms with E-state index in [2.05, 4.69) is 26.2 Å². The number of esters is 1. The molecule has 0 bridgehead atoms. The first-order valence-corrected chi connectivity index (χ1v) is 7.26. The Morgan fingerprint density at radius 2 is 2.00 bits per heavy atom. The third-order valence-electron chi connectivity index (χ3n) is 2.87. The Bertz CT molecular complexity index is 741. The Labute approximate surface area is 139 Å². The quantitative estimate of drug-likeness (QED) is 0.469. The molecule has 1 atom stereocenters. The fourth-order valence-corrected chi connectivity index (χ4v) is 2.02. The van der Waals surface area contributed by atoms with E-state index >= 15 is 0 Å². The third-order valence-corrected chi connectivity index (χ3v) is 3.32. The first kappa shape index (κ1) is 16.7. The van der Waals surface area contributed by atoms with Gasteiger partial charge in [0, 0.05) is 28.5 Å². The van der Waals surface area contributed by atoms with Crippen molar-refractivity contribution in [3.63, 3.8) is 0 Å². The summed E-state index contributed by atoms with van der Waals surface area (Å²) in [6.07, 6.45) is 0.540. The lowest BCUT2D eigenvalue weighted by Gasteiger charge is -2.12. The number of aromatic amines is 1. The molecule has 1 heterocycles. The van der Waals surface area contributed by atoms with Crippen LogP contribution in [-0.4, -0.2) is 27.9 Å². The van der Waals surface area contributed by atoms with E-state index in [0.717, 1.165) is 0 Å². The summed E-state index contributed by atoms with van der Waals surface area (Å²) < 4.78 is 5.72. The summed E-state index contributed by atoms with van der Waals surface area (Å²) in [6, 6.07) is 6.86. The summed E-state index contributed by atoms with van der Waals surface area (Å²) in [5, 5.41) is 13.1. The fraction of sp³-hybridized carbons (Fsp3) is 0.143. The third kappa shape index (κ3) is 4.39. The molecule has 0 saturated carbocycles. The van der Waals surface area contributed by atoms with Gasteiger partial charge in [0.25, 0.3) is 11.6 Å². The highest BCUT2D eigenvalue weighted by molar-refractivity contribution is 9.10. The van der Waals surface area contributed by atoms with Gasteiger partial charge in [0.2, 0.25) is 0 Å². The lowest BCUT2D eigenvalue weighted by Crippen LogP contribution is -2.30. The van der Waals surface area contributed by atoms with Crippen molar-refractivity contribution in [2.24, 2.45) is 0 Å². The largest absolute Gasteiger partial charge is 0.448 e. The van der Waals surface area contributed by atoms with Crippen LogP contribution in [-0.2, 0) is 9.53 Å². The number of non-ortho nitro benzene ring substituents is 1. The predicted molar refractivity (Wildman–Crippen MR) is 85.1 cm³/mol. The SMILES string of the molecule is CC(OC(=O)c1cc(Br)c[nH]1)C(=O)Nc1ccc([N+](=O)[O-])cc1. The average Bonchev–Trinajstić information content (AvgIpc) is 2.94. The Kier molecular flexibility index (Phi) is 5.12. The molecule has 1 aromatic carbocycles. The number of nitrogens with zero attached hydrogens (tertiary/aromatic N) is 1. The second-order valence-electron chi connectivity index (χ2n) is 4.57. The van der Waals surface area contributed by atoms with Crippen molar-refractivity contribution in [1.29, 1.82) is 0 Å². The molecule has 0 aliphatic rings. The summed E-state index contributed by atoms with van der Waals surface area (Å²) in [4.78, 5) is 36.5. The standard InChI is InChI=1S/C14H12BrN3O5/c1-8(23-14(20)12-6-9(15)7-16-12)13(19)17-10-2-4-11(5-3-10)18(21)22/h2-8,16H,1H3,(H,17,19). The smallest absolute Gasteiger partial charge is 0.355 e. The van der Waals surface area contributed by atoms with Crippen molar-refractivity contribution in [3.05, 3.63) is 56.8 Å². The van der Waals surface area contributed by atoms with E-state index in [4.69, 9.17) is 4.74 Å². The molecule has 1 unspecified atom stereocenters. The van der Waals surface area contributed by atoms with Crippen LogP contribution >= 0.6 is 15.9 Å². The van der Waals surface area contributed by atoms with E-state index < -0.39 is 22.9 Å². The van der Waals surface area contributed by atoms with E-state index in [1.807, 2.05) is 0 Å². The molecule has 2 N–H and O–H groups in total. The van der Waals surface area contributed by atoms with Crippen molar-refractivity contribution >= 4 is 39.2 Å². The minimum atomic E-state index is -1.03. The van der Waals surface area contributed by atoms with Crippen molar-refractivity contribution in [2.45, 2.75) is 13.0 Å².